The molecule has 3 nitrogen and oxygen atoms in total. The van der Waals surface area contributed by atoms with Gasteiger partial charge in [-0.1, -0.05) is 30.3 Å². The van der Waals surface area contributed by atoms with E-state index in [1.165, 1.54) is 5.56 Å². The second-order valence-electron chi connectivity index (χ2n) is 4.34. The molecule has 0 saturated heterocycles. The van der Waals surface area contributed by atoms with Crippen LogP contribution in [0, 0.1) is 0 Å². The number of nitrogens with zero attached hydrogens (tertiary/aromatic N) is 2. The van der Waals surface area contributed by atoms with Gasteiger partial charge in [0, 0.05) is 42.7 Å². The number of thioether (sulfide) groups is 1. The van der Waals surface area contributed by atoms with Gasteiger partial charge in [-0.25, -0.2) is 0 Å². The molecule has 0 radical (unpaired) electrons. The molecule has 1 atom stereocenters. The molecule has 0 amide bonds. The molecule has 2 rings (SSSR count). The zero-order valence-electron chi connectivity index (χ0n) is 11.1. The normalized spacial score (nSPS) is 12.3. The van der Waals surface area contributed by atoms with Gasteiger partial charge >= 0.3 is 0 Å². The average molecular weight is 273 g/mol. The van der Waals surface area contributed by atoms with Crippen molar-refractivity contribution in [3.63, 3.8) is 0 Å². The van der Waals surface area contributed by atoms with Crippen molar-refractivity contribution in [1.29, 1.82) is 0 Å². The Morgan fingerprint density at radius 1 is 1.21 bits per heavy atom. The Kier molecular flexibility index (Phi) is 5.85. The van der Waals surface area contributed by atoms with Gasteiger partial charge in [0.05, 0.1) is 5.69 Å². The first-order chi connectivity index (χ1) is 9.36. The quantitative estimate of drug-likeness (QED) is 0.787. The fourth-order valence-electron chi connectivity index (χ4n) is 1.75. The molecule has 1 aromatic heterocycles. The van der Waals surface area contributed by atoms with Crippen molar-refractivity contribution in [2.24, 2.45) is 0 Å². The van der Waals surface area contributed by atoms with E-state index in [0.29, 0.717) is 0 Å². The number of benzene rings is 1. The summed E-state index contributed by atoms with van der Waals surface area (Å²) in [6.07, 6.45) is 5.25. The van der Waals surface area contributed by atoms with E-state index in [9.17, 15) is 0 Å². The van der Waals surface area contributed by atoms with Gasteiger partial charge in [0.25, 0.3) is 0 Å². The van der Waals surface area contributed by atoms with Gasteiger partial charge in [0.2, 0.25) is 0 Å². The summed E-state index contributed by atoms with van der Waals surface area (Å²) in [5.41, 5.74) is 2.38. The maximum atomic E-state index is 4.29. The molecule has 19 heavy (non-hydrogen) atoms. The Morgan fingerprint density at radius 2 is 2.05 bits per heavy atom. The van der Waals surface area contributed by atoms with Crippen LogP contribution in [0.3, 0.4) is 0 Å². The molecule has 0 aliphatic carbocycles. The summed E-state index contributed by atoms with van der Waals surface area (Å²) in [6, 6.07) is 10.8. The van der Waals surface area contributed by atoms with Crippen molar-refractivity contribution in [3.8, 4) is 0 Å². The Bertz CT molecular complexity index is 461. The molecule has 0 saturated carbocycles. The Labute approximate surface area is 118 Å². The van der Waals surface area contributed by atoms with E-state index in [2.05, 4.69) is 52.5 Å². The third-order valence-electron chi connectivity index (χ3n) is 2.84. The molecule has 2 aromatic rings. The van der Waals surface area contributed by atoms with E-state index in [1.807, 2.05) is 18.0 Å². The first-order valence-corrected chi connectivity index (χ1v) is 7.62. The van der Waals surface area contributed by atoms with Crippen LogP contribution in [0.15, 0.2) is 48.9 Å². The second kappa shape index (κ2) is 7.92. The zero-order valence-corrected chi connectivity index (χ0v) is 11.9. The summed E-state index contributed by atoms with van der Waals surface area (Å²) in [4.78, 5) is 8.38. The Hall–Kier alpha value is -1.39. The molecule has 0 unspecified atom stereocenters. The Balaban J connectivity index is 1.62. The minimum absolute atomic E-state index is 0.256. The van der Waals surface area contributed by atoms with E-state index in [4.69, 9.17) is 0 Å². The standard InChI is InChI=1S/C15H19N3S/c1-13(15-11-16-7-8-18-15)17-9-10-19-12-14-5-3-2-4-6-14/h2-8,11,13,17H,9-10,12H2,1H3/t13-/m0/s1. The lowest BCUT2D eigenvalue weighted by Crippen LogP contribution is -2.22. The summed E-state index contributed by atoms with van der Waals surface area (Å²) in [5, 5.41) is 3.46. The minimum Gasteiger partial charge on any atom is -0.308 e. The van der Waals surface area contributed by atoms with Gasteiger partial charge in [-0.05, 0) is 12.5 Å². The highest BCUT2D eigenvalue weighted by atomic mass is 32.2. The first-order valence-electron chi connectivity index (χ1n) is 6.47. The predicted molar refractivity (Wildman–Crippen MR) is 81.1 cm³/mol. The van der Waals surface area contributed by atoms with Gasteiger partial charge in [-0.3, -0.25) is 9.97 Å². The summed E-state index contributed by atoms with van der Waals surface area (Å²) in [5.74, 6) is 2.17. The maximum Gasteiger partial charge on any atom is 0.0753 e. The van der Waals surface area contributed by atoms with Crippen molar-refractivity contribution in [2.45, 2.75) is 18.7 Å². The smallest absolute Gasteiger partial charge is 0.0753 e. The third kappa shape index (κ3) is 5.01. The van der Waals surface area contributed by atoms with Crippen molar-refractivity contribution in [1.82, 2.24) is 15.3 Å². The fraction of sp³-hybridized carbons (Fsp3) is 0.333. The molecule has 0 bridgehead atoms. The number of hydrogen-bond acceptors (Lipinski definition) is 4. The van der Waals surface area contributed by atoms with Crippen LogP contribution in [-0.2, 0) is 5.75 Å². The lowest BCUT2D eigenvalue weighted by Gasteiger charge is -2.12. The summed E-state index contributed by atoms with van der Waals surface area (Å²) in [6.45, 7) is 3.10. The number of rotatable bonds is 7. The monoisotopic (exact) mass is 273 g/mol. The van der Waals surface area contributed by atoms with E-state index < -0.39 is 0 Å². The largest absolute Gasteiger partial charge is 0.308 e. The highest BCUT2D eigenvalue weighted by Gasteiger charge is 2.04. The average Bonchev–Trinajstić information content (AvgIpc) is 2.49. The van der Waals surface area contributed by atoms with E-state index in [0.717, 1.165) is 23.7 Å². The molecule has 0 fully saturated rings. The van der Waals surface area contributed by atoms with Gasteiger partial charge in [-0.2, -0.15) is 11.8 Å². The van der Waals surface area contributed by atoms with Crippen LogP contribution in [-0.4, -0.2) is 22.3 Å². The van der Waals surface area contributed by atoms with Crippen molar-refractivity contribution in [2.75, 3.05) is 12.3 Å². The van der Waals surface area contributed by atoms with Crippen molar-refractivity contribution >= 4 is 11.8 Å². The highest BCUT2D eigenvalue weighted by Crippen LogP contribution is 2.11. The molecule has 0 spiro atoms. The molecule has 0 aliphatic rings. The van der Waals surface area contributed by atoms with Crippen LogP contribution in [0.1, 0.15) is 24.2 Å². The molecule has 100 valence electrons. The fourth-order valence-corrected chi connectivity index (χ4v) is 2.59. The zero-order chi connectivity index (χ0) is 13.3. The molecule has 1 heterocycles. The maximum absolute atomic E-state index is 4.29. The van der Waals surface area contributed by atoms with Crippen LogP contribution < -0.4 is 5.32 Å². The Morgan fingerprint density at radius 3 is 2.79 bits per heavy atom. The molecule has 1 aromatic carbocycles. The van der Waals surface area contributed by atoms with E-state index >= 15 is 0 Å². The van der Waals surface area contributed by atoms with Crippen LogP contribution in [0.25, 0.3) is 0 Å². The lowest BCUT2D eigenvalue weighted by atomic mass is 10.2. The molecule has 1 N–H and O–H groups in total. The number of nitrogens with one attached hydrogen (secondary N) is 1. The van der Waals surface area contributed by atoms with Gasteiger partial charge in [0.1, 0.15) is 0 Å². The summed E-state index contributed by atoms with van der Waals surface area (Å²) < 4.78 is 0. The molecular weight excluding hydrogens is 254 g/mol. The van der Waals surface area contributed by atoms with Gasteiger partial charge in [-0.15, -0.1) is 0 Å². The van der Waals surface area contributed by atoms with Gasteiger partial charge < -0.3 is 5.32 Å². The van der Waals surface area contributed by atoms with Crippen LogP contribution >= 0.6 is 11.8 Å². The highest BCUT2D eigenvalue weighted by molar-refractivity contribution is 7.98. The first kappa shape index (κ1) is 14.0. The van der Waals surface area contributed by atoms with E-state index in [-0.39, 0.29) is 6.04 Å². The number of aromatic nitrogens is 2. The van der Waals surface area contributed by atoms with Crippen LogP contribution in [0.5, 0.6) is 0 Å². The molecule has 0 aliphatic heterocycles. The lowest BCUT2D eigenvalue weighted by molar-refractivity contribution is 0.583. The van der Waals surface area contributed by atoms with Crippen LogP contribution in [0.2, 0.25) is 0 Å². The SMILES string of the molecule is C[C@H](NCCSCc1ccccc1)c1cnccn1. The van der Waals surface area contributed by atoms with Gasteiger partial charge in [0.15, 0.2) is 0 Å². The third-order valence-corrected chi connectivity index (χ3v) is 3.87. The van der Waals surface area contributed by atoms with Crippen LogP contribution in [0.4, 0.5) is 0 Å². The topological polar surface area (TPSA) is 37.8 Å². The summed E-state index contributed by atoms with van der Waals surface area (Å²) in [7, 11) is 0. The van der Waals surface area contributed by atoms with Crippen molar-refractivity contribution in [3.05, 3.63) is 60.2 Å². The second-order valence-corrected chi connectivity index (χ2v) is 5.45. The molecular formula is C15H19N3S. The number of hydrogen-bond donors (Lipinski definition) is 1. The predicted octanol–water partition coefficient (Wildman–Crippen LogP) is 3.06. The molecule has 4 heteroatoms. The minimum atomic E-state index is 0.256. The summed E-state index contributed by atoms with van der Waals surface area (Å²) >= 11 is 1.94. The van der Waals surface area contributed by atoms with E-state index in [1.54, 1.807) is 12.4 Å². The van der Waals surface area contributed by atoms with Crippen molar-refractivity contribution < 1.29 is 0 Å².